The lowest BCUT2D eigenvalue weighted by molar-refractivity contribution is -0.221. The Morgan fingerprint density at radius 3 is 2.08 bits per heavy atom. The fourth-order valence-electron chi connectivity index (χ4n) is 10.1. The maximum atomic E-state index is 12.8. The zero-order chi connectivity index (χ0) is 28.3. The van der Waals surface area contributed by atoms with Gasteiger partial charge in [-0.15, -0.1) is 0 Å². The van der Waals surface area contributed by atoms with E-state index < -0.39 is 41.4 Å². The van der Waals surface area contributed by atoms with Gasteiger partial charge in [0.05, 0.1) is 18.3 Å². The second kappa shape index (κ2) is 10.4. The molecule has 4 aliphatic rings. The molecule has 0 aliphatic heterocycles. The lowest BCUT2D eigenvalue weighted by Gasteiger charge is -2.65. The van der Waals surface area contributed by atoms with Gasteiger partial charge < -0.3 is 15.3 Å². The highest BCUT2D eigenvalue weighted by Crippen LogP contribution is 2.69. The summed E-state index contributed by atoms with van der Waals surface area (Å²) in [5.74, 6) is -1.50. The minimum absolute atomic E-state index is 0.000972. The summed E-state index contributed by atoms with van der Waals surface area (Å²) in [6.07, 6.45) is 2.79. The van der Waals surface area contributed by atoms with Crippen LogP contribution >= 0.6 is 0 Å². The molecule has 0 saturated heterocycles. The molecule has 0 bridgehead atoms. The van der Waals surface area contributed by atoms with Crippen LogP contribution in [0.5, 0.6) is 0 Å². The second-order valence-corrected chi connectivity index (χ2v) is 13.5. The predicted molar refractivity (Wildman–Crippen MR) is 140 cm³/mol. The largest absolute Gasteiger partial charge is 0.393 e. The van der Waals surface area contributed by atoms with Gasteiger partial charge in [-0.1, -0.05) is 20.8 Å². The minimum atomic E-state index is -0.604. The molecule has 0 aromatic heterocycles. The molecule has 12 atom stereocenters. The first-order valence-electron chi connectivity index (χ1n) is 14.5. The summed E-state index contributed by atoms with van der Waals surface area (Å²) in [5.41, 5.74) is -0.801. The van der Waals surface area contributed by atoms with Gasteiger partial charge in [0.25, 0.3) is 0 Å². The highest BCUT2D eigenvalue weighted by atomic mass is 16.3. The van der Waals surface area contributed by atoms with Crippen LogP contribution in [0.25, 0.3) is 0 Å². The summed E-state index contributed by atoms with van der Waals surface area (Å²) in [7, 11) is 0. The fourth-order valence-corrected chi connectivity index (χ4v) is 10.1. The van der Waals surface area contributed by atoms with Crippen molar-refractivity contribution in [2.24, 2.45) is 52.3 Å². The van der Waals surface area contributed by atoms with Crippen molar-refractivity contribution < 1.29 is 34.5 Å². The number of imide groups is 3. The average molecular weight is 534 g/mol. The Bertz CT molecular complexity index is 968. The number of nitrogens with zero attached hydrogens (tertiary/aromatic N) is 1. The van der Waals surface area contributed by atoms with Gasteiger partial charge in [-0.3, -0.25) is 19.2 Å². The van der Waals surface area contributed by atoms with Crippen molar-refractivity contribution in [3.8, 4) is 0 Å². The number of rotatable bonds is 5. The standard InChI is InChI=1S/C30H47NO7/c1-15(7-10-27(38)31(17(3)33)18(4)34)21-8-9-22-28-24(14-26(37)30(21,22)6)29(5)19(12-25(28)36)11-20(35)13-23(29)16(2)32/h15,19-26,28,35-37H,7-14H2,1-6H3/t15-,19+,20+,21-,22+,23?,24+,25-,26+,28+,29-,30-/m1/s1. The number of aliphatic hydroxyl groups is 3. The average Bonchev–Trinajstić information content (AvgIpc) is 3.16. The molecule has 0 aromatic rings. The van der Waals surface area contributed by atoms with Crippen molar-refractivity contribution in [1.82, 2.24) is 4.90 Å². The van der Waals surface area contributed by atoms with Gasteiger partial charge >= 0.3 is 0 Å². The quantitative estimate of drug-likeness (QED) is 0.495. The molecule has 3 amide bonds. The molecular formula is C30H47NO7. The Balaban J connectivity index is 1.57. The molecule has 0 heterocycles. The number of carbonyl (C=O) groups excluding carboxylic acids is 4. The zero-order valence-electron chi connectivity index (χ0n) is 23.9. The lowest BCUT2D eigenvalue weighted by atomic mass is 9.40. The third kappa shape index (κ3) is 4.48. The van der Waals surface area contributed by atoms with E-state index in [0.29, 0.717) is 37.0 Å². The molecule has 4 fully saturated rings. The Hall–Kier alpha value is -1.64. The molecule has 214 valence electrons. The van der Waals surface area contributed by atoms with Crippen LogP contribution in [-0.2, 0) is 19.2 Å². The van der Waals surface area contributed by atoms with Crippen LogP contribution in [0, 0.1) is 52.3 Å². The highest BCUT2D eigenvalue weighted by molar-refractivity contribution is 6.09. The summed E-state index contributed by atoms with van der Waals surface area (Å²) in [6.45, 7) is 10.4. The summed E-state index contributed by atoms with van der Waals surface area (Å²) >= 11 is 0. The lowest BCUT2D eigenvalue weighted by Crippen LogP contribution is -2.65. The van der Waals surface area contributed by atoms with Crippen molar-refractivity contribution in [2.75, 3.05) is 0 Å². The Morgan fingerprint density at radius 1 is 0.868 bits per heavy atom. The summed E-state index contributed by atoms with van der Waals surface area (Å²) in [5, 5.41) is 33.9. The van der Waals surface area contributed by atoms with Crippen LogP contribution < -0.4 is 0 Å². The van der Waals surface area contributed by atoms with Crippen LogP contribution in [-0.4, -0.2) is 62.0 Å². The summed E-state index contributed by atoms with van der Waals surface area (Å²) in [4.78, 5) is 49.7. The first-order valence-corrected chi connectivity index (χ1v) is 14.5. The molecule has 38 heavy (non-hydrogen) atoms. The molecule has 0 spiro atoms. The third-order valence-corrected chi connectivity index (χ3v) is 11.8. The van der Waals surface area contributed by atoms with E-state index in [0.717, 1.165) is 12.8 Å². The van der Waals surface area contributed by atoms with E-state index in [9.17, 15) is 34.5 Å². The topological polar surface area (TPSA) is 132 Å². The molecule has 4 rings (SSSR count). The number of ketones is 1. The van der Waals surface area contributed by atoms with Crippen molar-refractivity contribution in [3.05, 3.63) is 0 Å². The van der Waals surface area contributed by atoms with Gasteiger partial charge in [-0.05, 0) is 98.2 Å². The van der Waals surface area contributed by atoms with Crippen molar-refractivity contribution in [3.63, 3.8) is 0 Å². The van der Waals surface area contributed by atoms with E-state index in [1.165, 1.54) is 13.8 Å². The number of amides is 3. The Morgan fingerprint density at radius 2 is 1.50 bits per heavy atom. The fraction of sp³-hybridized carbons (Fsp3) is 0.867. The molecule has 8 heteroatoms. The van der Waals surface area contributed by atoms with Crippen molar-refractivity contribution in [1.29, 1.82) is 0 Å². The first-order chi connectivity index (χ1) is 17.6. The number of carbonyl (C=O) groups is 4. The minimum Gasteiger partial charge on any atom is -0.393 e. The zero-order valence-corrected chi connectivity index (χ0v) is 23.9. The Kier molecular flexibility index (Phi) is 8.03. The van der Waals surface area contributed by atoms with Crippen LogP contribution in [0.15, 0.2) is 0 Å². The molecular weight excluding hydrogens is 486 g/mol. The number of Topliss-reactive ketones (excluding diaryl/α,β-unsaturated/α-hetero) is 1. The Labute approximate surface area is 226 Å². The molecule has 4 saturated carbocycles. The predicted octanol–water partition coefficient (Wildman–Crippen LogP) is 3.10. The van der Waals surface area contributed by atoms with Gasteiger partial charge in [0, 0.05) is 26.2 Å². The van der Waals surface area contributed by atoms with E-state index in [-0.39, 0.29) is 59.0 Å². The van der Waals surface area contributed by atoms with Crippen molar-refractivity contribution in [2.45, 2.75) is 111 Å². The highest BCUT2D eigenvalue weighted by Gasteiger charge is 2.67. The smallest absolute Gasteiger partial charge is 0.236 e. The molecule has 1 unspecified atom stereocenters. The van der Waals surface area contributed by atoms with Crippen LogP contribution in [0.3, 0.4) is 0 Å². The number of aliphatic hydroxyl groups excluding tert-OH is 3. The van der Waals surface area contributed by atoms with Gasteiger partial charge in [0.1, 0.15) is 5.78 Å². The van der Waals surface area contributed by atoms with Gasteiger partial charge in [-0.2, -0.15) is 0 Å². The maximum absolute atomic E-state index is 12.8. The first kappa shape index (κ1) is 29.3. The van der Waals surface area contributed by atoms with Gasteiger partial charge in [-0.25, -0.2) is 4.90 Å². The summed E-state index contributed by atoms with van der Waals surface area (Å²) < 4.78 is 0. The molecule has 8 nitrogen and oxygen atoms in total. The van der Waals surface area contributed by atoms with E-state index in [2.05, 4.69) is 20.8 Å². The summed E-state index contributed by atoms with van der Waals surface area (Å²) in [6, 6.07) is 0. The normalized spacial score (nSPS) is 44.8. The number of hydrogen-bond donors (Lipinski definition) is 3. The van der Waals surface area contributed by atoms with Crippen molar-refractivity contribution >= 4 is 23.5 Å². The van der Waals surface area contributed by atoms with E-state index >= 15 is 0 Å². The van der Waals surface area contributed by atoms with Crippen LogP contribution in [0.2, 0.25) is 0 Å². The van der Waals surface area contributed by atoms with E-state index in [4.69, 9.17) is 0 Å². The van der Waals surface area contributed by atoms with E-state index in [1.54, 1.807) is 6.92 Å². The monoisotopic (exact) mass is 533 g/mol. The molecule has 0 radical (unpaired) electrons. The number of hydrogen-bond acceptors (Lipinski definition) is 7. The molecule has 0 aromatic carbocycles. The van der Waals surface area contributed by atoms with Crippen LogP contribution in [0.1, 0.15) is 92.9 Å². The second-order valence-electron chi connectivity index (χ2n) is 13.5. The van der Waals surface area contributed by atoms with Gasteiger partial charge in [0.15, 0.2) is 0 Å². The van der Waals surface area contributed by atoms with E-state index in [1.807, 2.05) is 0 Å². The molecule has 3 N–H and O–H groups in total. The SMILES string of the molecule is CC(=O)C1C[C@@H](O)C[C@H]2C[C@@H](O)[C@@H]3[C@H](C[C@H](O)[C@]4(C)[C@@H]([C@H](C)CCC(=O)N(C(C)=O)C(C)=O)CC[C@@H]34)[C@@]12C. The molecule has 4 aliphatic carbocycles. The third-order valence-electron chi connectivity index (χ3n) is 11.8. The van der Waals surface area contributed by atoms with Crippen LogP contribution in [0.4, 0.5) is 0 Å². The van der Waals surface area contributed by atoms with Gasteiger partial charge in [0.2, 0.25) is 17.7 Å². The maximum Gasteiger partial charge on any atom is 0.236 e. The number of fused-ring (bicyclic) bond motifs is 5.